The van der Waals surface area contributed by atoms with Gasteiger partial charge in [0.25, 0.3) is 0 Å². The molecule has 5 nitrogen and oxygen atoms in total. The van der Waals surface area contributed by atoms with Crippen LogP contribution in [-0.4, -0.2) is 37.7 Å². The van der Waals surface area contributed by atoms with Crippen molar-refractivity contribution in [3.8, 4) is 0 Å². The summed E-state index contributed by atoms with van der Waals surface area (Å²) in [6.45, 7) is 7.33. The molecule has 3 aliphatic rings. The lowest BCUT2D eigenvalue weighted by Gasteiger charge is -2.54. The molecule has 1 aliphatic heterocycles. The lowest BCUT2D eigenvalue weighted by molar-refractivity contribution is -0.268. The minimum absolute atomic E-state index is 0.0284. The summed E-state index contributed by atoms with van der Waals surface area (Å²) >= 11 is 1.28. The molecule has 0 amide bonds. The molecule has 5 rings (SSSR count). The highest BCUT2D eigenvalue weighted by molar-refractivity contribution is 7.94. The number of thiazole rings is 1. The van der Waals surface area contributed by atoms with Crippen LogP contribution in [0.5, 0.6) is 0 Å². The summed E-state index contributed by atoms with van der Waals surface area (Å²) in [4.78, 5) is 4.47. The fourth-order valence-corrected chi connectivity index (χ4v) is 9.49. The maximum atomic E-state index is 13.7. The van der Waals surface area contributed by atoms with E-state index in [0.29, 0.717) is 26.1 Å². The van der Waals surface area contributed by atoms with E-state index in [9.17, 15) is 8.42 Å². The number of para-hydroxylation sites is 1. The fraction of sp³-hybridized carbons (Fsp3) is 0.571. The van der Waals surface area contributed by atoms with E-state index in [4.69, 9.17) is 9.47 Å². The Hall–Kier alpha value is -1.28. The van der Waals surface area contributed by atoms with Gasteiger partial charge in [-0.3, -0.25) is 0 Å². The number of allylic oxidation sites excluding steroid dienone is 1. The van der Waals surface area contributed by atoms with E-state index in [1.54, 1.807) is 0 Å². The van der Waals surface area contributed by atoms with E-state index in [1.165, 1.54) is 11.3 Å². The first kappa shape index (κ1) is 18.7. The molecule has 4 atom stereocenters. The monoisotopic (exact) mass is 419 g/mol. The van der Waals surface area contributed by atoms with Crippen LogP contribution in [0.25, 0.3) is 10.2 Å². The van der Waals surface area contributed by atoms with Crippen molar-refractivity contribution in [2.75, 3.05) is 13.2 Å². The predicted molar refractivity (Wildman–Crippen MR) is 109 cm³/mol. The van der Waals surface area contributed by atoms with Crippen LogP contribution < -0.4 is 0 Å². The van der Waals surface area contributed by atoms with Crippen molar-refractivity contribution in [1.82, 2.24) is 4.98 Å². The van der Waals surface area contributed by atoms with Crippen molar-refractivity contribution in [2.45, 2.75) is 48.0 Å². The molecule has 0 bridgehead atoms. The molecule has 2 aliphatic carbocycles. The number of sulfone groups is 1. The maximum Gasteiger partial charge on any atom is 0.210 e. The summed E-state index contributed by atoms with van der Waals surface area (Å²) in [5, 5.41) is -0.457. The Bertz CT molecular complexity index is 991. The van der Waals surface area contributed by atoms with Gasteiger partial charge in [-0.2, -0.15) is 0 Å². The molecule has 2 saturated carbocycles. The van der Waals surface area contributed by atoms with E-state index in [1.807, 2.05) is 30.3 Å². The molecule has 28 heavy (non-hydrogen) atoms. The van der Waals surface area contributed by atoms with E-state index in [2.05, 4.69) is 18.5 Å². The van der Waals surface area contributed by atoms with E-state index >= 15 is 0 Å². The second kappa shape index (κ2) is 6.36. The van der Waals surface area contributed by atoms with Crippen LogP contribution in [-0.2, 0) is 19.3 Å². The summed E-state index contributed by atoms with van der Waals surface area (Å²) in [6.07, 6.45) is 4.88. The molecule has 1 saturated heterocycles. The van der Waals surface area contributed by atoms with Crippen molar-refractivity contribution in [1.29, 1.82) is 0 Å². The van der Waals surface area contributed by atoms with Crippen LogP contribution in [0.4, 0.5) is 0 Å². The van der Waals surface area contributed by atoms with Gasteiger partial charge in [0.15, 0.2) is 5.79 Å². The molecule has 2 aromatic rings. The van der Waals surface area contributed by atoms with Gasteiger partial charge in [-0.25, -0.2) is 13.4 Å². The molecule has 0 N–H and O–H groups in total. The highest BCUT2D eigenvalue weighted by Gasteiger charge is 2.67. The Labute approximate surface area is 169 Å². The first-order chi connectivity index (χ1) is 13.4. The SMILES string of the molecule is C=C[C@H]1CC[C@H]2[C@H](S(=O)(=O)c3nc4ccccc4s3)CCC3(OCCO3)[C@]12C. The van der Waals surface area contributed by atoms with Crippen molar-refractivity contribution < 1.29 is 17.9 Å². The molecule has 3 fully saturated rings. The normalized spacial score (nSPS) is 34.7. The number of fused-ring (bicyclic) bond motifs is 3. The molecule has 7 heteroatoms. The average Bonchev–Trinajstić information content (AvgIpc) is 3.40. The van der Waals surface area contributed by atoms with Crippen LogP contribution in [0.15, 0.2) is 41.3 Å². The Morgan fingerprint density at radius 1 is 1.21 bits per heavy atom. The van der Waals surface area contributed by atoms with Gasteiger partial charge in [0.1, 0.15) is 0 Å². The largest absolute Gasteiger partial charge is 0.347 e. The molecule has 0 unspecified atom stereocenters. The lowest BCUT2D eigenvalue weighted by atomic mass is 9.61. The van der Waals surface area contributed by atoms with Gasteiger partial charge in [-0.05, 0) is 43.2 Å². The molecule has 150 valence electrons. The number of nitrogens with zero attached hydrogens (tertiary/aromatic N) is 1. The Morgan fingerprint density at radius 2 is 1.96 bits per heavy atom. The van der Waals surface area contributed by atoms with Gasteiger partial charge in [-0.15, -0.1) is 17.9 Å². The van der Waals surface area contributed by atoms with Crippen LogP contribution in [0.3, 0.4) is 0 Å². The smallest absolute Gasteiger partial charge is 0.210 e. The highest BCUT2D eigenvalue weighted by atomic mass is 32.2. The van der Waals surface area contributed by atoms with Gasteiger partial charge in [-0.1, -0.05) is 25.1 Å². The molecule has 1 spiro atoms. The molecule has 2 heterocycles. The van der Waals surface area contributed by atoms with Crippen LogP contribution >= 0.6 is 11.3 Å². The minimum atomic E-state index is -3.53. The molecular formula is C21H25NO4S2. The number of ether oxygens (including phenoxy) is 2. The Kier molecular flexibility index (Phi) is 4.25. The highest BCUT2D eigenvalue weighted by Crippen LogP contribution is 2.64. The van der Waals surface area contributed by atoms with Gasteiger partial charge >= 0.3 is 0 Å². The summed E-state index contributed by atoms with van der Waals surface area (Å²) in [6, 6.07) is 7.60. The number of hydrogen-bond donors (Lipinski definition) is 0. The summed E-state index contributed by atoms with van der Waals surface area (Å²) in [5.74, 6) is -0.532. The summed E-state index contributed by atoms with van der Waals surface area (Å²) in [7, 11) is -3.53. The number of aromatic nitrogens is 1. The van der Waals surface area contributed by atoms with Crippen molar-refractivity contribution in [3.05, 3.63) is 36.9 Å². The molecule has 0 radical (unpaired) electrons. The second-order valence-corrected chi connectivity index (χ2v) is 11.7. The maximum absolute atomic E-state index is 13.7. The van der Waals surface area contributed by atoms with Crippen molar-refractivity contribution in [3.63, 3.8) is 0 Å². The van der Waals surface area contributed by atoms with E-state index < -0.39 is 26.3 Å². The number of benzene rings is 1. The standard InChI is InChI=1S/C21H25NO4S2/c1-3-14-8-9-15-18(10-11-21(20(14,15)2)25-12-13-26-21)28(23,24)19-22-16-6-4-5-7-17(16)27-19/h3-7,14-15,18H,1,8-13H2,2H3/t14-,15-,18+,20+/m0/s1. The summed E-state index contributed by atoms with van der Waals surface area (Å²) < 4.78 is 40.8. The Balaban J connectivity index is 1.58. The topological polar surface area (TPSA) is 65.5 Å². The third kappa shape index (κ3) is 2.36. The van der Waals surface area contributed by atoms with E-state index in [-0.39, 0.29) is 16.2 Å². The Morgan fingerprint density at radius 3 is 2.68 bits per heavy atom. The lowest BCUT2D eigenvalue weighted by Crippen LogP contribution is -2.59. The van der Waals surface area contributed by atoms with Gasteiger partial charge in [0.05, 0.1) is 28.7 Å². The average molecular weight is 420 g/mol. The minimum Gasteiger partial charge on any atom is -0.347 e. The number of rotatable bonds is 3. The quantitative estimate of drug-likeness (QED) is 0.698. The third-order valence-corrected chi connectivity index (χ3v) is 11.0. The van der Waals surface area contributed by atoms with Crippen molar-refractivity contribution >= 4 is 31.4 Å². The van der Waals surface area contributed by atoms with Crippen LogP contribution in [0, 0.1) is 17.3 Å². The van der Waals surface area contributed by atoms with Gasteiger partial charge < -0.3 is 9.47 Å². The zero-order chi connectivity index (χ0) is 19.6. The van der Waals surface area contributed by atoms with Crippen LogP contribution in [0.1, 0.15) is 32.6 Å². The van der Waals surface area contributed by atoms with Gasteiger partial charge in [0.2, 0.25) is 14.2 Å². The molecule has 1 aromatic heterocycles. The van der Waals surface area contributed by atoms with E-state index in [0.717, 1.165) is 23.1 Å². The fourth-order valence-electron chi connectivity index (χ4n) is 5.92. The van der Waals surface area contributed by atoms with Gasteiger partial charge in [0, 0.05) is 11.8 Å². The zero-order valence-corrected chi connectivity index (χ0v) is 17.6. The first-order valence-electron chi connectivity index (χ1n) is 9.92. The summed E-state index contributed by atoms with van der Waals surface area (Å²) in [5.41, 5.74) is 0.358. The zero-order valence-electron chi connectivity index (χ0n) is 16.0. The third-order valence-electron chi connectivity index (χ3n) is 7.31. The number of hydrogen-bond acceptors (Lipinski definition) is 6. The van der Waals surface area contributed by atoms with Crippen molar-refractivity contribution in [2.24, 2.45) is 17.3 Å². The first-order valence-corrected chi connectivity index (χ1v) is 12.3. The van der Waals surface area contributed by atoms with Crippen LogP contribution in [0.2, 0.25) is 0 Å². The second-order valence-electron chi connectivity index (χ2n) is 8.33. The predicted octanol–water partition coefficient (Wildman–Crippen LogP) is 4.19. The molecular weight excluding hydrogens is 394 g/mol. The molecule has 1 aromatic carbocycles.